The average Bonchev–Trinajstić information content (AvgIpc) is 2.96. The van der Waals surface area contributed by atoms with Crippen molar-refractivity contribution < 1.29 is 9.53 Å². The lowest BCUT2D eigenvalue weighted by atomic mass is 10.2. The van der Waals surface area contributed by atoms with Gasteiger partial charge in [-0.3, -0.25) is 4.79 Å². The minimum atomic E-state index is 0.0574. The fourth-order valence-corrected chi connectivity index (χ4v) is 2.32. The van der Waals surface area contributed by atoms with E-state index in [4.69, 9.17) is 4.74 Å². The number of hydrogen-bond donors (Lipinski definition) is 1. The third-order valence-corrected chi connectivity index (χ3v) is 3.45. The molecule has 0 aliphatic heterocycles. The first kappa shape index (κ1) is 13.5. The van der Waals surface area contributed by atoms with E-state index >= 15 is 0 Å². The van der Waals surface area contributed by atoms with Crippen molar-refractivity contribution in [3.8, 4) is 5.88 Å². The molecule has 0 unspecified atom stereocenters. The van der Waals surface area contributed by atoms with Crippen LogP contribution in [0.3, 0.4) is 0 Å². The summed E-state index contributed by atoms with van der Waals surface area (Å²) >= 11 is 1.65. The topological polar surface area (TPSA) is 51.2 Å². The molecule has 0 fully saturated rings. The van der Waals surface area contributed by atoms with E-state index in [-0.39, 0.29) is 5.91 Å². The molecule has 0 aromatic carbocycles. The highest BCUT2D eigenvalue weighted by molar-refractivity contribution is 7.07. The highest BCUT2D eigenvalue weighted by Gasteiger charge is 2.03. The molecule has 100 valence electrons. The van der Waals surface area contributed by atoms with Gasteiger partial charge in [0.25, 0.3) is 0 Å². The number of thiophene rings is 1. The molecule has 0 atom stereocenters. The molecule has 2 aromatic rings. The molecule has 0 aliphatic carbocycles. The lowest BCUT2D eigenvalue weighted by Gasteiger charge is -2.05. The number of carbonyl (C=O) groups is 1. The zero-order valence-corrected chi connectivity index (χ0v) is 11.6. The van der Waals surface area contributed by atoms with Crippen LogP contribution in [0, 0.1) is 0 Å². The Labute approximate surface area is 116 Å². The first-order valence-corrected chi connectivity index (χ1v) is 6.99. The second kappa shape index (κ2) is 6.89. The smallest absolute Gasteiger partial charge is 0.220 e. The number of amides is 1. The predicted octanol–water partition coefficient (Wildman–Crippen LogP) is 2.40. The maximum Gasteiger partial charge on any atom is 0.220 e. The molecule has 0 saturated carbocycles. The van der Waals surface area contributed by atoms with Crippen molar-refractivity contribution >= 4 is 17.2 Å². The second-order valence-electron chi connectivity index (χ2n) is 4.12. The van der Waals surface area contributed by atoms with Gasteiger partial charge in [-0.1, -0.05) is 6.07 Å². The molecular weight excluding hydrogens is 260 g/mol. The number of rotatable bonds is 6. The van der Waals surface area contributed by atoms with Crippen molar-refractivity contribution in [2.75, 3.05) is 7.11 Å². The Kier molecular flexibility index (Phi) is 4.92. The molecule has 0 bridgehead atoms. The number of nitrogens with one attached hydrogen (secondary N) is 1. The summed E-state index contributed by atoms with van der Waals surface area (Å²) in [7, 11) is 1.58. The van der Waals surface area contributed by atoms with Crippen molar-refractivity contribution in [3.63, 3.8) is 0 Å². The average molecular weight is 276 g/mol. The van der Waals surface area contributed by atoms with Crippen molar-refractivity contribution in [3.05, 3.63) is 46.3 Å². The van der Waals surface area contributed by atoms with Crippen LogP contribution in [-0.4, -0.2) is 18.0 Å². The number of pyridine rings is 1. The third kappa shape index (κ3) is 4.37. The summed E-state index contributed by atoms with van der Waals surface area (Å²) in [5.74, 6) is 0.634. The molecule has 2 aromatic heterocycles. The fourth-order valence-electron chi connectivity index (χ4n) is 1.62. The van der Waals surface area contributed by atoms with E-state index in [0.717, 1.165) is 12.0 Å². The van der Waals surface area contributed by atoms with Gasteiger partial charge in [0.2, 0.25) is 11.8 Å². The van der Waals surface area contributed by atoms with Crippen LogP contribution in [0.5, 0.6) is 5.88 Å². The Hall–Kier alpha value is -1.88. The van der Waals surface area contributed by atoms with Crippen LogP contribution in [-0.2, 0) is 17.8 Å². The Morgan fingerprint density at radius 3 is 2.89 bits per heavy atom. The number of hydrogen-bond acceptors (Lipinski definition) is 4. The van der Waals surface area contributed by atoms with Crippen LogP contribution in [0.1, 0.15) is 17.5 Å². The molecule has 5 heteroatoms. The Morgan fingerprint density at radius 1 is 1.37 bits per heavy atom. The number of carbonyl (C=O) groups excluding carboxylic acids is 1. The summed E-state index contributed by atoms with van der Waals surface area (Å²) < 4.78 is 4.98. The van der Waals surface area contributed by atoms with Crippen LogP contribution in [0.2, 0.25) is 0 Å². The van der Waals surface area contributed by atoms with Gasteiger partial charge in [-0.15, -0.1) is 0 Å². The van der Waals surface area contributed by atoms with Crippen molar-refractivity contribution in [2.24, 2.45) is 0 Å². The van der Waals surface area contributed by atoms with Crippen LogP contribution < -0.4 is 10.1 Å². The minimum Gasteiger partial charge on any atom is -0.481 e. The molecule has 0 radical (unpaired) electrons. The first-order valence-electron chi connectivity index (χ1n) is 6.04. The summed E-state index contributed by atoms with van der Waals surface area (Å²) in [4.78, 5) is 15.8. The number of nitrogens with zero attached hydrogens (tertiary/aromatic N) is 1. The van der Waals surface area contributed by atoms with Crippen molar-refractivity contribution in [2.45, 2.75) is 19.4 Å². The van der Waals surface area contributed by atoms with Gasteiger partial charge < -0.3 is 10.1 Å². The molecule has 1 amide bonds. The van der Waals surface area contributed by atoms with Crippen molar-refractivity contribution in [1.29, 1.82) is 0 Å². The summed E-state index contributed by atoms with van der Waals surface area (Å²) in [5.41, 5.74) is 2.18. The maximum absolute atomic E-state index is 11.7. The highest BCUT2D eigenvalue weighted by Crippen LogP contribution is 2.09. The van der Waals surface area contributed by atoms with Gasteiger partial charge in [0.15, 0.2) is 0 Å². The quantitative estimate of drug-likeness (QED) is 0.881. The zero-order valence-electron chi connectivity index (χ0n) is 10.8. The number of ether oxygens (including phenoxy) is 1. The van der Waals surface area contributed by atoms with Gasteiger partial charge in [-0.25, -0.2) is 4.98 Å². The molecule has 19 heavy (non-hydrogen) atoms. The standard InChI is InChI=1S/C14H16N2O2S/c1-18-14-5-3-12(9-16-14)8-15-13(17)4-2-11-6-7-19-10-11/h3,5-7,9-10H,2,4,8H2,1H3,(H,15,17). The van der Waals surface area contributed by atoms with E-state index < -0.39 is 0 Å². The fraction of sp³-hybridized carbons (Fsp3) is 0.286. The first-order chi connectivity index (χ1) is 9.28. The second-order valence-corrected chi connectivity index (χ2v) is 4.90. The van der Waals surface area contributed by atoms with Crippen molar-refractivity contribution in [1.82, 2.24) is 10.3 Å². The molecule has 4 nitrogen and oxygen atoms in total. The van der Waals surface area contributed by atoms with E-state index in [9.17, 15) is 4.79 Å². The van der Waals surface area contributed by atoms with E-state index in [1.54, 1.807) is 30.7 Å². The largest absolute Gasteiger partial charge is 0.481 e. The van der Waals surface area contributed by atoms with E-state index in [2.05, 4.69) is 15.7 Å². The van der Waals surface area contributed by atoms with Gasteiger partial charge in [0.05, 0.1) is 7.11 Å². The molecule has 2 heterocycles. The summed E-state index contributed by atoms with van der Waals surface area (Å²) in [6.07, 6.45) is 3.01. The van der Waals surface area contributed by atoms with Gasteiger partial charge in [-0.05, 0) is 34.4 Å². The van der Waals surface area contributed by atoms with Crippen LogP contribution in [0.4, 0.5) is 0 Å². The van der Waals surface area contributed by atoms with Gasteiger partial charge >= 0.3 is 0 Å². The van der Waals surface area contributed by atoms with Crippen LogP contribution in [0.15, 0.2) is 35.2 Å². The maximum atomic E-state index is 11.7. The zero-order chi connectivity index (χ0) is 13.5. The molecule has 0 saturated heterocycles. The number of methoxy groups -OCH3 is 1. The molecular formula is C14H16N2O2S. The van der Waals surface area contributed by atoms with Gasteiger partial charge in [0.1, 0.15) is 0 Å². The van der Waals surface area contributed by atoms with E-state index in [1.165, 1.54) is 5.56 Å². The Balaban J connectivity index is 1.73. The summed E-state index contributed by atoms with van der Waals surface area (Å²) in [6, 6.07) is 5.73. The molecule has 0 aliphatic rings. The third-order valence-electron chi connectivity index (χ3n) is 2.72. The number of aryl methyl sites for hydroxylation is 1. The molecule has 2 rings (SSSR count). The summed E-state index contributed by atoms with van der Waals surface area (Å²) in [5, 5.41) is 6.98. The lowest BCUT2D eigenvalue weighted by Crippen LogP contribution is -2.23. The van der Waals surface area contributed by atoms with Crippen LogP contribution in [0.25, 0.3) is 0 Å². The number of aromatic nitrogens is 1. The Bertz CT molecular complexity index is 509. The van der Waals surface area contributed by atoms with Crippen LogP contribution >= 0.6 is 11.3 Å². The lowest BCUT2D eigenvalue weighted by molar-refractivity contribution is -0.121. The highest BCUT2D eigenvalue weighted by atomic mass is 32.1. The van der Waals surface area contributed by atoms with E-state index in [0.29, 0.717) is 18.8 Å². The van der Waals surface area contributed by atoms with Gasteiger partial charge in [-0.2, -0.15) is 11.3 Å². The minimum absolute atomic E-state index is 0.0574. The molecule has 0 spiro atoms. The normalized spacial score (nSPS) is 10.2. The monoisotopic (exact) mass is 276 g/mol. The predicted molar refractivity (Wildman–Crippen MR) is 75.3 cm³/mol. The summed E-state index contributed by atoms with van der Waals surface area (Å²) in [6.45, 7) is 0.499. The van der Waals surface area contributed by atoms with E-state index in [1.807, 2.05) is 17.5 Å². The van der Waals surface area contributed by atoms with Gasteiger partial charge in [0, 0.05) is 25.2 Å². The molecule has 1 N–H and O–H groups in total. The Morgan fingerprint density at radius 2 is 2.26 bits per heavy atom. The SMILES string of the molecule is COc1ccc(CNC(=O)CCc2ccsc2)cn1.